The number of rotatable bonds is 8. The molecule has 0 N–H and O–H groups in total. The first kappa shape index (κ1) is 17.0. The highest BCUT2D eigenvalue weighted by atomic mass is 16.5. The van der Waals surface area contributed by atoms with Crippen molar-refractivity contribution in [1.82, 2.24) is 4.90 Å². The van der Waals surface area contributed by atoms with Crippen LogP contribution in [0.3, 0.4) is 0 Å². The Morgan fingerprint density at radius 3 is 2.81 bits per heavy atom. The number of carbonyl (C=O) groups is 1. The summed E-state index contributed by atoms with van der Waals surface area (Å²) < 4.78 is 5.56. The zero-order chi connectivity index (χ0) is 15.7. The zero-order valence-electron chi connectivity index (χ0n) is 13.1. The van der Waals surface area contributed by atoms with Crippen molar-refractivity contribution in [2.45, 2.75) is 33.6 Å². The molecule has 0 aliphatic rings. The SMILES string of the molecule is CCCOc1cccc(C(=O)N(CCC#N)CC(C)C)c1. The highest BCUT2D eigenvalue weighted by molar-refractivity contribution is 5.94. The normalized spacial score (nSPS) is 10.2. The van der Waals surface area contributed by atoms with Crippen LogP contribution in [0.4, 0.5) is 0 Å². The summed E-state index contributed by atoms with van der Waals surface area (Å²) in [6.07, 6.45) is 1.28. The molecule has 0 aromatic heterocycles. The van der Waals surface area contributed by atoms with Gasteiger partial charge in [0.15, 0.2) is 0 Å². The van der Waals surface area contributed by atoms with Crippen molar-refractivity contribution in [3.63, 3.8) is 0 Å². The van der Waals surface area contributed by atoms with Crippen LogP contribution in [0.25, 0.3) is 0 Å². The third kappa shape index (κ3) is 5.86. The fraction of sp³-hybridized carbons (Fsp3) is 0.529. The topological polar surface area (TPSA) is 53.3 Å². The van der Waals surface area contributed by atoms with Crippen LogP contribution in [0.15, 0.2) is 24.3 Å². The molecule has 1 aromatic carbocycles. The van der Waals surface area contributed by atoms with E-state index in [9.17, 15) is 4.79 Å². The third-order valence-corrected chi connectivity index (χ3v) is 2.92. The quantitative estimate of drug-likeness (QED) is 0.735. The van der Waals surface area contributed by atoms with Crippen molar-refractivity contribution < 1.29 is 9.53 Å². The number of amides is 1. The first-order valence-electron chi connectivity index (χ1n) is 7.47. The Morgan fingerprint density at radius 2 is 2.19 bits per heavy atom. The summed E-state index contributed by atoms with van der Waals surface area (Å²) in [5, 5.41) is 8.73. The molecule has 0 radical (unpaired) electrons. The van der Waals surface area contributed by atoms with Gasteiger partial charge in [0.1, 0.15) is 5.75 Å². The van der Waals surface area contributed by atoms with Gasteiger partial charge in [0.05, 0.1) is 19.1 Å². The summed E-state index contributed by atoms with van der Waals surface area (Å²) in [6, 6.07) is 9.35. The fourth-order valence-corrected chi connectivity index (χ4v) is 2.02. The monoisotopic (exact) mass is 288 g/mol. The Balaban J connectivity index is 2.84. The molecule has 1 aromatic rings. The summed E-state index contributed by atoms with van der Waals surface area (Å²) in [5.41, 5.74) is 0.613. The molecule has 1 rings (SSSR count). The molecule has 4 heteroatoms. The number of benzene rings is 1. The van der Waals surface area contributed by atoms with Gasteiger partial charge in [-0.05, 0) is 30.5 Å². The maximum Gasteiger partial charge on any atom is 0.254 e. The van der Waals surface area contributed by atoms with Gasteiger partial charge in [-0.15, -0.1) is 0 Å². The summed E-state index contributed by atoms with van der Waals surface area (Å²) in [4.78, 5) is 14.3. The van der Waals surface area contributed by atoms with E-state index in [0.717, 1.165) is 6.42 Å². The van der Waals surface area contributed by atoms with Gasteiger partial charge in [-0.3, -0.25) is 4.79 Å². The van der Waals surface area contributed by atoms with E-state index in [1.165, 1.54) is 0 Å². The van der Waals surface area contributed by atoms with Crippen LogP contribution in [-0.2, 0) is 0 Å². The summed E-state index contributed by atoms with van der Waals surface area (Å²) in [6.45, 7) is 7.93. The summed E-state index contributed by atoms with van der Waals surface area (Å²) in [7, 11) is 0. The van der Waals surface area contributed by atoms with E-state index in [4.69, 9.17) is 10.00 Å². The Kier molecular flexibility index (Phi) is 7.31. The van der Waals surface area contributed by atoms with Crippen LogP contribution in [-0.4, -0.2) is 30.5 Å². The molecule has 21 heavy (non-hydrogen) atoms. The molecule has 0 bridgehead atoms. The lowest BCUT2D eigenvalue weighted by atomic mass is 10.1. The summed E-state index contributed by atoms with van der Waals surface area (Å²) in [5.74, 6) is 1.04. The lowest BCUT2D eigenvalue weighted by Crippen LogP contribution is -2.35. The van der Waals surface area contributed by atoms with Crippen LogP contribution >= 0.6 is 0 Å². The minimum atomic E-state index is -0.0408. The highest BCUT2D eigenvalue weighted by Gasteiger charge is 2.17. The van der Waals surface area contributed by atoms with Gasteiger partial charge in [0.2, 0.25) is 0 Å². The minimum absolute atomic E-state index is 0.0408. The molecular formula is C17H24N2O2. The summed E-state index contributed by atoms with van der Waals surface area (Å²) >= 11 is 0. The second-order valence-corrected chi connectivity index (χ2v) is 5.43. The standard InChI is InChI=1S/C17H24N2O2/c1-4-11-21-16-8-5-7-15(12-16)17(20)19(10-6-9-18)13-14(2)3/h5,7-8,12,14H,4,6,10-11,13H2,1-3H3. The fourth-order valence-electron chi connectivity index (χ4n) is 2.02. The average molecular weight is 288 g/mol. The van der Waals surface area contributed by atoms with Crippen LogP contribution < -0.4 is 4.74 Å². The van der Waals surface area contributed by atoms with E-state index in [1.54, 1.807) is 17.0 Å². The van der Waals surface area contributed by atoms with E-state index in [2.05, 4.69) is 19.9 Å². The predicted molar refractivity (Wildman–Crippen MR) is 83.2 cm³/mol. The second kappa shape index (κ2) is 9.02. The molecule has 114 valence electrons. The van der Waals surface area contributed by atoms with E-state index in [-0.39, 0.29) is 5.91 Å². The number of carbonyl (C=O) groups excluding carboxylic acids is 1. The first-order valence-corrected chi connectivity index (χ1v) is 7.47. The van der Waals surface area contributed by atoms with Gasteiger partial charge in [-0.25, -0.2) is 0 Å². The van der Waals surface area contributed by atoms with Gasteiger partial charge in [-0.2, -0.15) is 5.26 Å². The van der Waals surface area contributed by atoms with Crippen molar-refractivity contribution in [3.05, 3.63) is 29.8 Å². The van der Waals surface area contributed by atoms with Crippen molar-refractivity contribution in [1.29, 1.82) is 5.26 Å². The first-order chi connectivity index (χ1) is 10.1. The zero-order valence-corrected chi connectivity index (χ0v) is 13.1. The van der Waals surface area contributed by atoms with Crippen molar-refractivity contribution in [3.8, 4) is 11.8 Å². The van der Waals surface area contributed by atoms with Gasteiger partial charge < -0.3 is 9.64 Å². The van der Waals surface area contributed by atoms with Crippen molar-refractivity contribution >= 4 is 5.91 Å². The molecule has 1 amide bonds. The second-order valence-electron chi connectivity index (χ2n) is 5.43. The lowest BCUT2D eigenvalue weighted by molar-refractivity contribution is 0.0739. The molecular weight excluding hydrogens is 264 g/mol. The van der Waals surface area contributed by atoms with Crippen LogP contribution in [0, 0.1) is 17.2 Å². The van der Waals surface area contributed by atoms with E-state index in [0.29, 0.717) is 43.3 Å². The Hall–Kier alpha value is -2.02. The van der Waals surface area contributed by atoms with Gasteiger partial charge in [-0.1, -0.05) is 26.8 Å². The predicted octanol–water partition coefficient (Wildman–Crippen LogP) is 3.49. The Labute approximate surface area is 127 Å². The molecule has 0 fully saturated rings. The molecule has 0 atom stereocenters. The maximum atomic E-state index is 12.6. The lowest BCUT2D eigenvalue weighted by Gasteiger charge is -2.24. The smallest absolute Gasteiger partial charge is 0.254 e. The molecule has 0 heterocycles. The highest BCUT2D eigenvalue weighted by Crippen LogP contribution is 2.16. The minimum Gasteiger partial charge on any atom is -0.494 e. The van der Waals surface area contributed by atoms with Crippen molar-refractivity contribution in [2.24, 2.45) is 5.92 Å². The number of hydrogen-bond donors (Lipinski definition) is 0. The largest absolute Gasteiger partial charge is 0.494 e. The molecule has 0 saturated heterocycles. The maximum absolute atomic E-state index is 12.6. The molecule has 0 aliphatic heterocycles. The van der Waals surface area contributed by atoms with Crippen LogP contribution in [0.5, 0.6) is 5.75 Å². The number of nitriles is 1. The number of hydrogen-bond acceptors (Lipinski definition) is 3. The van der Waals surface area contributed by atoms with Gasteiger partial charge in [0, 0.05) is 18.7 Å². The average Bonchev–Trinajstić information content (AvgIpc) is 2.48. The third-order valence-electron chi connectivity index (χ3n) is 2.92. The Morgan fingerprint density at radius 1 is 1.43 bits per heavy atom. The van der Waals surface area contributed by atoms with E-state index < -0.39 is 0 Å². The molecule has 0 spiro atoms. The van der Waals surface area contributed by atoms with E-state index >= 15 is 0 Å². The Bertz CT molecular complexity index is 492. The molecule has 0 aliphatic carbocycles. The van der Waals surface area contributed by atoms with Crippen molar-refractivity contribution in [2.75, 3.05) is 19.7 Å². The van der Waals surface area contributed by atoms with Gasteiger partial charge >= 0.3 is 0 Å². The molecule has 0 saturated carbocycles. The molecule has 4 nitrogen and oxygen atoms in total. The van der Waals surface area contributed by atoms with E-state index in [1.807, 2.05) is 19.1 Å². The van der Waals surface area contributed by atoms with Crippen LogP contribution in [0.2, 0.25) is 0 Å². The molecule has 0 unspecified atom stereocenters. The number of nitrogens with zero attached hydrogens (tertiary/aromatic N) is 2. The van der Waals surface area contributed by atoms with Crippen LogP contribution in [0.1, 0.15) is 44.0 Å². The number of ether oxygens (including phenoxy) is 1. The van der Waals surface area contributed by atoms with Gasteiger partial charge in [0.25, 0.3) is 5.91 Å².